The fourth-order valence-electron chi connectivity index (χ4n) is 3.86. The highest BCUT2D eigenvalue weighted by molar-refractivity contribution is 6.23. The van der Waals surface area contributed by atoms with Crippen LogP contribution in [0.4, 0.5) is 5.69 Å². The van der Waals surface area contributed by atoms with E-state index < -0.39 is 11.9 Å². The van der Waals surface area contributed by atoms with E-state index in [1.54, 1.807) is 44.6 Å². The Balaban J connectivity index is 1.73. The summed E-state index contributed by atoms with van der Waals surface area (Å²) < 4.78 is 16.2. The number of carbonyl (C=O) groups excluding carboxylic acids is 3. The van der Waals surface area contributed by atoms with Crippen molar-refractivity contribution >= 4 is 23.4 Å². The van der Waals surface area contributed by atoms with Crippen molar-refractivity contribution in [2.75, 3.05) is 32.3 Å². The van der Waals surface area contributed by atoms with Crippen LogP contribution in [0.15, 0.2) is 42.5 Å². The van der Waals surface area contributed by atoms with Gasteiger partial charge in [0.1, 0.15) is 11.8 Å². The van der Waals surface area contributed by atoms with Crippen LogP contribution in [0, 0.1) is 0 Å². The lowest BCUT2D eigenvalue weighted by molar-refractivity contribution is -0.136. The van der Waals surface area contributed by atoms with Crippen LogP contribution in [0.5, 0.6) is 17.2 Å². The summed E-state index contributed by atoms with van der Waals surface area (Å²) in [5.74, 6) is 0.898. The Kier molecular flexibility index (Phi) is 7.92. The zero-order valence-electron chi connectivity index (χ0n) is 19.5. The molecule has 0 unspecified atom stereocenters. The van der Waals surface area contributed by atoms with E-state index in [-0.39, 0.29) is 18.2 Å². The standard InChI is InChI=1S/C25H30N2O6/c1-5-14-33-20-9-7-19(8-10-20)27-24(29)16-21(25(27)30)26(17(2)28)13-12-18-6-11-22(31-3)23(15-18)32-4/h6-11,15,21H,5,12-14,16H2,1-4H3/t21-/m0/s1. The summed E-state index contributed by atoms with van der Waals surface area (Å²) in [6.45, 7) is 4.32. The number of carbonyl (C=O) groups is 3. The molecule has 2 aromatic rings. The van der Waals surface area contributed by atoms with E-state index in [2.05, 4.69) is 0 Å². The molecule has 0 saturated carbocycles. The number of nitrogens with zero attached hydrogens (tertiary/aromatic N) is 2. The molecule has 0 aromatic heterocycles. The van der Waals surface area contributed by atoms with Crippen molar-refractivity contribution < 1.29 is 28.6 Å². The molecule has 0 aliphatic carbocycles. The van der Waals surface area contributed by atoms with Crippen LogP contribution >= 0.6 is 0 Å². The van der Waals surface area contributed by atoms with Crippen molar-refractivity contribution in [2.45, 2.75) is 39.2 Å². The summed E-state index contributed by atoms with van der Waals surface area (Å²) in [6.07, 6.45) is 1.34. The first kappa shape index (κ1) is 24.1. The second-order valence-electron chi connectivity index (χ2n) is 7.78. The van der Waals surface area contributed by atoms with Gasteiger partial charge in [-0.25, -0.2) is 4.90 Å². The first-order valence-electron chi connectivity index (χ1n) is 11.0. The summed E-state index contributed by atoms with van der Waals surface area (Å²) in [7, 11) is 3.12. The van der Waals surface area contributed by atoms with Crippen LogP contribution in [0.3, 0.4) is 0 Å². The number of rotatable bonds is 10. The minimum atomic E-state index is -0.828. The molecule has 8 nitrogen and oxygen atoms in total. The van der Waals surface area contributed by atoms with Crippen LogP contribution in [-0.2, 0) is 20.8 Å². The monoisotopic (exact) mass is 454 g/mol. The number of hydrogen-bond acceptors (Lipinski definition) is 6. The van der Waals surface area contributed by atoms with Gasteiger partial charge in [0.05, 0.1) is 32.9 Å². The molecule has 3 rings (SSSR count). The molecule has 1 atom stereocenters. The predicted octanol–water partition coefficient (Wildman–Crippen LogP) is 3.22. The number of anilines is 1. The first-order valence-corrected chi connectivity index (χ1v) is 11.0. The summed E-state index contributed by atoms with van der Waals surface area (Å²) in [4.78, 5) is 40.9. The van der Waals surface area contributed by atoms with E-state index in [1.807, 2.05) is 19.1 Å². The zero-order chi connectivity index (χ0) is 24.0. The minimum Gasteiger partial charge on any atom is -0.494 e. The maximum Gasteiger partial charge on any atom is 0.257 e. The number of imide groups is 1. The van der Waals surface area contributed by atoms with Gasteiger partial charge in [0.25, 0.3) is 5.91 Å². The van der Waals surface area contributed by atoms with Crippen LogP contribution < -0.4 is 19.1 Å². The molecule has 1 saturated heterocycles. The lowest BCUT2D eigenvalue weighted by Crippen LogP contribution is -2.45. The molecule has 1 fully saturated rings. The van der Waals surface area contributed by atoms with E-state index in [9.17, 15) is 14.4 Å². The molecule has 0 spiro atoms. The highest BCUT2D eigenvalue weighted by Crippen LogP contribution is 2.29. The number of ether oxygens (including phenoxy) is 3. The Morgan fingerprint density at radius 1 is 1.06 bits per heavy atom. The molecule has 2 aromatic carbocycles. The van der Waals surface area contributed by atoms with E-state index in [0.29, 0.717) is 42.5 Å². The van der Waals surface area contributed by atoms with Crippen molar-refractivity contribution in [1.29, 1.82) is 0 Å². The summed E-state index contributed by atoms with van der Waals surface area (Å²) >= 11 is 0. The van der Waals surface area contributed by atoms with Crippen molar-refractivity contribution in [3.63, 3.8) is 0 Å². The topological polar surface area (TPSA) is 85.4 Å². The van der Waals surface area contributed by atoms with Gasteiger partial charge in [-0.2, -0.15) is 0 Å². The molecular formula is C25H30N2O6. The van der Waals surface area contributed by atoms with E-state index in [0.717, 1.165) is 16.9 Å². The van der Waals surface area contributed by atoms with Gasteiger partial charge < -0.3 is 19.1 Å². The predicted molar refractivity (Wildman–Crippen MR) is 124 cm³/mol. The van der Waals surface area contributed by atoms with Gasteiger partial charge in [0.2, 0.25) is 11.8 Å². The van der Waals surface area contributed by atoms with Gasteiger partial charge in [-0.05, 0) is 54.8 Å². The highest BCUT2D eigenvalue weighted by atomic mass is 16.5. The maximum absolute atomic E-state index is 13.2. The molecule has 176 valence electrons. The number of amides is 3. The lowest BCUT2D eigenvalue weighted by Gasteiger charge is -2.26. The Bertz CT molecular complexity index is 1000. The zero-order valence-corrected chi connectivity index (χ0v) is 19.5. The molecule has 0 N–H and O–H groups in total. The van der Waals surface area contributed by atoms with Crippen LogP contribution in [0.2, 0.25) is 0 Å². The van der Waals surface area contributed by atoms with Crippen LogP contribution in [0.1, 0.15) is 32.3 Å². The van der Waals surface area contributed by atoms with E-state index in [4.69, 9.17) is 14.2 Å². The normalized spacial score (nSPS) is 15.5. The van der Waals surface area contributed by atoms with Crippen molar-refractivity contribution in [2.24, 2.45) is 0 Å². The quantitative estimate of drug-likeness (QED) is 0.513. The fraction of sp³-hybridized carbons (Fsp3) is 0.400. The Morgan fingerprint density at radius 3 is 2.36 bits per heavy atom. The molecule has 1 aliphatic rings. The van der Waals surface area contributed by atoms with Gasteiger partial charge in [0, 0.05) is 13.5 Å². The Morgan fingerprint density at radius 2 is 1.76 bits per heavy atom. The second-order valence-corrected chi connectivity index (χ2v) is 7.78. The largest absolute Gasteiger partial charge is 0.494 e. The van der Waals surface area contributed by atoms with Crippen molar-refractivity contribution in [3.8, 4) is 17.2 Å². The summed E-state index contributed by atoms with van der Waals surface area (Å²) in [6, 6.07) is 11.5. The van der Waals surface area contributed by atoms with Gasteiger partial charge >= 0.3 is 0 Å². The molecule has 0 radical (unpaired) electrons. The molecule has 1 aliphatic heterocycles. The number of methoxy groups -OCH3 is 2. The molecular weight excluding hydrogens is 424 g/mol. The average Bonchev–Trinajstić information content (AvgIpc) is 3.11. The molecule has 33 heavy (non-hydrogen) atoms. The smallest absolute Gasteiger partial charge is 0.257 e. The van der Waals surface area contributed by atoms with Crippen LogP contribution in [-0.4, -0.2) is 56.0 Å². The third kappa shape index (κ3) is 5.45. The summed E-state index contributed by atoms with van der Waals surface area (Å²) in [5.41, 5.74) is 1.40. The first-order chi connectivity index (χ1) is 15.9. The average molecular weight is 455 g/mol. The van der Waals surface area contributed by atoms with Crippen molar-refractivity contribution in [3.05, 3.63) is 48.0 Å². The van der Waals surface area contributed by atoms with Gasteiger partial charge in [-0.3, -0.25) is 14.4 Å². The lowest BCUT2D eigenvalue weighted by atomic mass is 10.1. The molecule has 1 heterocycles. The van der Waals surface area contributed by atoms with E-state index in [1.165, 1.54) is 11.8 Å². The van der Waals surface area contributed by atoms with Gasteiger partial charge in [0.15, 0.2) is 11.5 Å². The van der Waals surface area contributed by atoms with Crippen molar-refractivity contribution in [1.82, 2.24) is 4.90 Å². The SMILES string of the molecule is CCCOc1ccc(N2C(=O)C[C@H](N(CCc3ccc(OC)c(OC)c3)C(C)=O)C2=O)cc1. The van der Waals surface area contributed by atoms with Gasteiger partial charge in [-0.15, -0.1) is 0 Å². The molecule has 3 amide bonds. The number of hydrogen-bond donors (Lipinski definition) is 0. The third-order valence-corrected chi connectivity index (χ3v) is 5.56. The Hall–Kier alpha value is -3.55. The number of benzene rings is 2. The maximum atomic E-state index is 13.2. The third-order valence-electron chi connectivity index (χ3n) is 5.56. The Labute approximate surface area is 194 Å². The highest BCUT2D eigenvalue weighted by Gasteiger charge is 2.43. The fourth-order valence-corrected chi connectivity index (χ4v) is 3.86. The van der Waals surface area contributed by atoms with E-state index >= 15 is 0 Å². The van der Waals surface area contributed by atoms with Crippen LogP contribution in [0.25, 0.3) is 0 Å². The molecule has 0 bridgehead atoms. The van der Waals surface area contributed by atoms with Gasteiger partial charge in [-0.1, -0.05) is 13.0 Å². The minimum absolute atomic E-state index is 0.0432. The molecule has 8 heteroatoms. The summed E-state index contributed by atoms with van der Waals surface area (Å²) in [5, 5.41) is 0. The second kappa shape index (κ2) is 10.8.